The van der Waals surface area contributed by atoms with Gasteiger partial charge >= 0.3 is 0 Å². The van der Waals surface area contributed by atoms with Crippen molar-refractivity contribution in [2.24, 2.45) is 5.92 Å². The third-order valence-corrected chi connectivity index (χ3v) is 5.51. The number of anilines is 2. The van der Waals surface area contributed by atoms with Crippen molar-refractivity contribution in [2.45, 2.75) is 19.8 Å². The number of hydrogen-bond acceptors (Lipinski definition) is 4. The molecule has 1 saturated heterocycles. The molecule has 0 saturated carbocycles. The number of aromatic nitrogens is 2. The standard InChI is InChI=1S/C23H23ClN4O2/c1-16-7-9-19(10-8-16)25-23(30)17-4-3-13-27(15-17)21-11-12-22(29)28(26-21)20-6-2-5-18(24)14-20/h2,5-12,14,17H,3-4,13,15H2,1H3,(H,25,30)/t17-/m1/s1. The van der Waals surface area contributed by atoms with Gasteiger partial charge in [0.05, 0.1) is 11.6 Å². The number of carbonyl (C=O) groups excluding carboxylic acids is 1. The van der Waals surface area contributed by atoms with Gasteiger partial charge in [0.2, 0.25) is 5.91 Å². The summed E-state index contributed by atoms with van der Waals surface area (Å²) in [4.78, 5) is 27.2. The molecule has 0 unspecified atom stereocenters. The van der Waals surface area contributed by atoms with Crippen LogP contribution in [0.1, 0.15) is 18.4 Å². The molecule has 0 radical (unpaired) electrons. The maximum Gasteiger partial charge on any atom is 0.271 e. The summed E-state index contributed by atoms with van der Waals surface area (Å²) < 4.78 is 1.34. The fourth-order valence-electron chi connectivity index (χ4n) is 3.64. The Morgan fingerprint density at radius 1 is 1.13 bits per heavy atom. The molecule has 0 bridgehead atoms. The zero-order valence-electron chi connectivity index (χ0n) is 16.7. The van der Waals surface area contributed by atoms with Gasteiger partial charge in [-0.15, -0.1) is 5.10 Å². The van der Waals surface area contributed by atoms with E-state index >= 15 is 0 Å². The van der Waals surface area contributed by atoms with E-state index in [4.69, 9.17) is 11.6 Å². The van der Waals surface area contributed by atoms with E-state index in [1.165, 1.54) is 10.7 Å². The summed E-state index contributed by atoms with van der Waals surface area (Å²) in [6, 6.07) is 18.0. The fourth-order valence-corrected chi connectivity index (χ4v) is 3.83. The van der Waals surface area contributed by atoms with Gasteiger partial charge in [-0.05, 0) is 56.2 Å². The van der Waals surface area contributed by atoms with E-state index in [0.29, 0.717) is 23.1 Å². The van der Waals surface area contributed by atoms with E-state index < -0.39 is 0 Å². The smallest absolute Gasteiger partial charge is 0.271 e. The monoisotopic (exact) mass is 422 g/mol. The van der Waals surface area contributed by atoms with Crippen LogP contribution in [0, 0.1) is 12.8 Å². The largest absolute Gasteiger partial charge is 0.354 e. The van der Waals surface area contributed by atoms with Crippen LogP contribution in [0.15, 0.2) is 65.5 Å². The van der Waals surface area contributed by atoms with E-state index in [9.17, 15) is 9.59 Å². The number of carbonyl (C=O) groups is 1. The molecule has 2 heterocycles. The number of halogens is 1. The van der Waals surface area contributed by atoms with Crippen LogP contribution >= 0.6 is 11.6 Å². The Labute approximate surface area is 180 Å². The highest BCUT2D eigenvalue weighted by Crippen LogP contribution is 2.23. The second-order valence-corrected chi connectivity index (χ2v) is 8.00. The van der Waals surface area contributed by atoms with E-state index in [-0.39, 0.29) is 17.4 Å². The Kier molecular flexibility index (Phi) is 5.86. The van der Waals surface area contributed by atoms with Crippen molar-refractivity contribution in [2.75, 3.05) is 23.3 Å². The molecule has 154 valence electrons. The van der Waals surface area contributed by atoms with Crippen molar-refractivity contribution in [3.05, 3.63) is 81.6 Å². The van der Waals surface area contributed by atoms with Gasteiger partial charge in [0.1, 0.15) is 5.82 Å². The highest BCUT2D eigenvalue weighted by Gasteiger charge is 2.27. The summed E-state index contributed by atoms with van der Waals surface area (Å²) in [5.41, 5.74) is 2.33. The van der Waals surface area contributed by atoms with E-state index in [2.05, 4.69) is 15.3 Å². The number of nitrogens with one attached hydrogen (secondary N) is 1. The number of aryl methyl sites for hydroxylation is 1. The Morgan fingerprint density at radius 3 is 2.70 bits per heavy atom. The van der Waals surface area contributed by atoms with Crippen LogP contribution in [0.2, 0.25) is 5.02 Å². The molecule has 2 aromatic carbocycles. The van der Waals surface area contributed by atoms with Crippen LogP contribution in [-0.4, -0.2) is 28.8 Å². The van der Waals surface area contributed by atoms with Gasteiger partial charge in [-0.2, -0.15) is 4.68 Å². The summed E-state index contributed by atoms with van der Waals surface area (Å²) in [6.45, 7) is 3.36. The molecule has 6 nitrogen and oxygen atoms in total. The van der Waals surface area contributed by atoms with Gasteiger partial charge in [0.25, 0.3) is 5.56 Å². The normalized spacial score (nSPS) is 16.3. The average molecular weight is 423 g/mol. The SMILES string of the molecule is Cc1ccc(NC(=O)[C@@H]2CCCN(c3ccc(=O)n(-c4cccc(Cl)c4)n3)C2)cc1. The first-order valence-corrected chi connectivity index (χ1v) is 10.4. The van der Waals surface area contributed by atoms with Gasteiger partial charge < -0.3 is 10.2 Å². The third kappa shape index (κ3) is 4.54. The third-order valence-electron chi connectivity index (χ3n) is 5.27. The highest BCUT2D eigenvalue weighted by atomic mass is 35.5. The van der Waals surface area contributed by atoms with Crippen molar-refractivity contribution >= 4 is 29.0 Å². The molecule has 1 atom stereocenters. The second kappa shape index (κ2) is 8.71. The minimum Gasteiger partial charge on any atom is -0.354 e. The Balaban J connectivity index is 1.52. The number of nitrogens with zero attached hydrogens (tertiary/aromatic N) is 3. The first kappa shape index (κ1) is 20.2. The fraction of sp³-hybridized carbons (Fsp3) is 0.261. The van der Waals surface area contributed by atoms with Crippen LogP contribution in [-0.2, 0) is 4.79 Å². The molecular formula is C23H23ClN4O2. The molecule has 1 aromatic heterocycles. The van der Waals surface area contributed by atoms with Crippen molar-refractivity contribution in [3.63, 3.8) is 0 Å². The lowest BCUT2D eigenvalue weighted by molar-refractivity contribution is -0.120. The second-order valence-electron chi connectivity index (χ2n) is 7.56. The average Bonchev–Trinajstić information content (AvgIpc) is 2.76. The Morgan fingerprint density at radius 2 is 1.93 bits per heavy atom. The first-order chi connectivity index (χ1) is 14.5. The molecule has 1 N–H and O–H groups in total. The summed E-state index contributed by atoms with van der Waals surface area (Å²) >= 11 is 6.07. The number of piperidine rings is 1. The van der Waals surface area contributed by atoms with E-state index in [0.717, 1.165) is 30.6 Å². The Hall–Kier alpha value is -3.12. The van der Waals surface area contributed by atoms with Crippen molar-refractivity contribution in [1.82, 2.24) is 9.78 Å². The molecule has 1 fully saturated rings. The predicted molar refractivity (Wildman–Crippen MR) is 120 cm³/mol. The van der Waals surface area contributed by atoms with Gasteiger partial charge in [0.15, 0.2) is 0 Å². The number of amides is 1. The van der Waals surface area contributed by atoms with Crippen molar-refractivity contribution in [3.8, 4) is 5.69 Å². The minimum atomic E-state index is -0.230. The molecular weight excluding hydrogens is 400 g/mol. The lowest BCUT2D eigenvalue weighted by atomic mass is 9.97. The molecule has 3 aromatic rings. The lowest BCUT2D eigenvalue weighted by Gasteiger charge is -2.33. The predicted octanol–water partition coefficient (Wildman–Crippen LogP) is 4.05. The zero-order valence-corrected chi connectivity index (χ0v) is 17.5. The van der Waals surface area contributed by atoms with Crippen molar-refractivity contribution in [1.29, 1.82) is 0 Å². The molecule has 1 amide bonds. The molecule has 1 aliphatic rings. The molecule has 0 aliphatic carbocycles. The molecule has 30 heavy (non-hydrogen) atoms. The van der Waals surface area contributed by atoms with Gasteiger partial charge in [-0.1, -0.05) is 35.4 Å². The van der Waals surface area contributed by atoms with E-state index in [1.54, 1.807) is 30.3 Å². The quantitative estimate of drug-likeness (QED) is 0.688. The maximum atomic E-state index is 12.8. The molecule has 0 spiro atoms. The minimum absolute atomic E-state index is 0.00622. The van der Waals surface area contributed by atoms with Crippen LogP contribution in [0.5, 0.6) is 0 Å². The highest BCUT2D eigenvalue weighted by molar-refractivity contribution is 6.30. The summed E-state index contributed by atoms with van der Waals surface area (Å²) in [5.74, 6) is 0.530. The first-order valence-electron chi connectivity index (χ1n) is 9.98. The van der Waals surface area contributed by atoms with Crippen LogP contribution in [0.4, 0.5) is 11.5 Å². The van der Waals surface area contributed by atoms with Crippen LogP contribution in [0.25, 0.3) is 5.69 Å². The van der Waals surface area contributed by atoms with Crippen LogP contribution in [0.3, 0.4) is 0 Å². The summed E-state index contributed by atoms with van der Waals surface area (Å²) in [7, 11) is 0. The van der Waals surface area contributed by atoms with E-state index in [1.807, 2.05) is 31.2 Å². The Bertz CT molecular complexity index is 1110. The molecule has 1 aliphatic heterocycles. The lowest BCUT2D eigenvalue weighted by Crippen LogP contribution is -2.41. The summed E-state index contributed by atoms with van der Waals surface area (Å²) in [6.07, 6.45) is 1.70. The van der Waals surface area contributed by atoms with Crippen molar-refractivity contribution < 1.29 is 4.79 Å². The topological polar surface area (TPSA) is 67.2 Å². The number of hydrogen-bond donors (Lipinski definition) is 1. The molecule has 7 heteroatoms. The number of rotatable bonds is 4. The van der Waals surface area contributed by atoms with Gasteiger partial charge in [0, 0.05) is 29.9 Å². The van der Waals surface area contributed by atoms with Gasteiger partial charge in [-0.25, -0.2) is 0 Å². The maximum absolute atomic E-state index is 12.8. The summed E-state index contributed by atoms with van der Waals surface area (Å²) in [5, 5.41) is 8.08. The van der Waals surface area contributed by atoms with Gasteiger partial charge in [-0.3, -0.25) is 9.59 Å². The zero-order chi connectivity index (χ0) is 21.1. The number of benzene rings is 2. The molecule has 4 rings (SSSR count). The van der Waals surface area contributed by atoms with Crippen LogP contribution < -0.4 is 15.8 Å².